The Morgan fingerprint density at radius 1 is 1.00 bits per heavy atom. The van der Waals surface area contributed by atoms with Gasteiger partial charge in [0, 0.05) is 0 Å². The fourth-order valence-electron chi connectivity index (χ4n) is 4.62. The van der Waals surface area contributed by atoms with Crippen molar-refractivity contribution >= 4 is 42.4 Å². The van der Waals surface area contributed by atoms with Gasteiger partial charge in [-0.15, -0.1) is 0 Å². The van der Waals surface area contributed by atoms with Gasteiger partial charge in [-0.3, -0.25) is 0 Å². The molecule has 5 atom stereocenters. The van der Waals surface area contributed by atoms with Crippen LogP contribution in [0.4, 0.5) is 5.69 Å². The van der Waals surface area contributed by atoms with Gasteiger partial charge in [0.25, 0.3) is 0 Å². The van der Waals surface area contributed by atoms with Crippen LogP contribution in [0, 0.1) is 0 Å². The molecule has 0 unspecified atom stereocenters. The normalized spacial score (nSPS) is 30.8. The van der Waals surface area contributed by atoms with Crippen molar-refractivity contribution in [1.82, 2.24) is 0 Å². The van der Waals surface area contributed by atoms with Crippen LogP contribution in [-0.2, 0) is 9.53 Å². The number of anilines is 1. The van der Waals surface area contributed by atoms with Crippen LogP contribution in [0.5, 0.6) is 0 Å². The van der Waals surface area contributed by atoms with E-state index in [1.54, 1.807) is 18.2 Å². The Bertz CT molecular complexity index is 1210. The summed E-state index contributed by atoms with van der Waals surface area (Å²) in [5, 5.41) is 40.8. The van der Waals surface area contributed by atoms with Crippen LogP contribution in [0.15, 0.2) is 46.9 Å². The van der Waals surface area contributed by atoms with E-state index in [0.717, 1.165) is 10.0 Å². The Morgan fingerprint density at radius 3 is 2.41 bits per heavy atom. The molecular formula is C25H25NO7Se. The molecule has 0 aromatic heterocycles. The number of allylic oxidation sites excluding steroid dienone is 1. The number of amides is 1. The average molecular weight is 530 g/mol. The Kier molecular flexibility index (Phi) is 5.98. The van der Waals surface area contributed by atoms with E-state index >= 15 is 0 Å². The van der Waals surface area contributed by atoms with Crippen molar-refractivity contribution in [2.24, 2.45) is 0 Å². The third kappa shape index (κ3) is 3.48. The first-order valence-corrected chi connectivity index (χ1v) is 12.8. The summed E-state index contributed by atoms with van der Waals surface area (Å²) in [5.41, 5.74) is 2.86. The number of aliphatic hydroxyl groups excluding tert-OH is 4. The summed E-state index contributed by atoms with van der Waals surface area (Å²) in [6.07, 6.45) is -7.29. The molecule has 178 valence electrons. The third-order valence-corrected chi connectivity index (χ3v) is 9.00. The van der Waals surface area contributed by atoms with Crippen LogP contribution >= 0.6 is 0 Å². The van der Waals surface area contributed by atoms with Crippen LogP contribution in [0.25, 0.3) is 5.57 Å². The zero-order valence-electron chi connectivity index (χ0n) is 18.6. The number of ether oxygens (including phenoxy) is 1. The van der Waals surface area contributed by atoms with E-state index in [4.69, 9.17) is 4.74 Å². The number of ketones is 1. The molecule has 8 nitrogen and oxygen atoms in total. The first kappa shape index (κ1) is 23.4. The van der Waals surface area contributed by atoms with Crippen LogP contribution in [0.1, 0.15) is 41.3 Å². The standard InChI is InChI=1S/C25H25NO7Se/c1-11(2)12-7-8-15-14(9-12)18(23-19(28)13-5-3-4-6-17(13)34-23)24(32)26(15)25-22(31)21(30)20(29)16(10-27)33-25/h3-9,11,16,20-22,25,27,29-31H,10H2,1-2H3/b23-18-/t16-,20-,21+,22+,25-/m1/s1. The number of fused-ring (bicyclic) bond motifs is 2. The second-order valence-electron chi connectivity index (χ2n) is 8.96. The van der Waals surface area contributed by atoms with Crippen LogP contribution in [-0.4, -0.2) is 84.3 Å². The molecule has 0 aliphatic carbocycles. The van der Waals surface area contributed by atoms with Gasteiger partial charge in [0.2, 0.25) is 0 Å². The summed E-state index contributed by atoms with van der Waals surface area (Å²) in [4.78, 5) is 28.4. The average Bonchev–Trinajstić information content (AvgIpc) is 3.30. The quantitative estimate of drug-likeness (QED) is 0.322. The van der Waals surface area contributed by atoms with E-state index in [1.807, 2.05) is 38.1 Å². The molecule has 0 bridgehead atoms. The van der Waals surface area contributed by atoms with Crippen LogP contribution in [0.2, 0.25) is 0 Å². The predicted molar refractivity (Wildman–Crippen MR) is 125 cm³/mol. The second-order valence-corrected chi connectivity index (χ2v) is 11.2. The molecule has 0 spiro atoms. The van der Waals surface area contributed by atoms with Gasteiger partial charge in [-0.05, 0) is 0 Å². The first-order chi connectivity index (χ1) is 16.2. The molecule has 5 rings (SSSR count). The van der Waals surface area contributed by atoms with E-state index < -0.39 is 43.2 Å². The van der Waals surface area contributed by atoms with Gasteiger partial charge < -0.3 is 0 Å². The minimum absolute atomic E-state index is 0.176. The van der Waals surface area contributed by atoms with Crippen LogP contribution < -0.4 is 9.36 Å². The van der Waals surface area contributed by atoms with Gasteiger partial charge >= 0.3 is 203 Å². The Labute approximate surface area is 202 Å². The summed E-state index contributed by atoms with van der Waals surface area (Å²) < 4.78 is 7.06. The van der Waals surface area contributed by atoms with Crippen LogP contribution in [0.3, 0.4) is 0 Å². The van der Waals surface area contributed by atoms with Gasteiger partial charge in [0.15, 0.2) is 0 Å². The number of nitrogens with zero attached hydrogens (tertiary/aromatic N) is 1. The van der Waals surface area contributed by atoms with Crippen molar-refractivity contribution in [2.75, 3.05) is 11.5 Å². The van der Waals surface area contributed by atoms with Gasteiger partial charge in [0.1, 0.15) is 0 Å². The number of carbonyl (C=O) groups excluding carboxylic acids is 2. The zero-order chi connectivity index (χ0) is 24.3. The van der Waals surface area contributed by atoms with E-state index in [9.17, 15) is 30.0 Å². The molecular weight excluding hydrogens is 505 g/mol. The monoisotopic (exact) mass is 531 g/mol. The molecule has 1 amide bonds. The van der Waals surface area contributed by atoms with Crippen molar-refractivity contribution in [2.45, 2.75) is 50.4 Å². The van der Waals surface area contributed by atoms with E-state index in [1.165, 1.54) is 4.90 Å². The van der Waals surface area contributed by atoms with Gasteiger partial charge in [-0.1, -0.05) is 0 Å². The number of hydrogen-bond donors (Lipinski definition) is 4. The van der Waals surface area contributed by atoms with Crippen molar-refractivity contribution in [3.8, 4) is 0 Å². The molecule has 3 aliphatic rings. The number of hydrogen-bond acceptors (Lipinski definition) is 7. The van der Waals surface area contributed by atoms with Crippen molar-refractivity contribution in [3.05, 3.63) is 63.6 Å². The molecule has 2 aromatic carbocycles. The molecule has 2 aromatic rings. The number of carbonyl (C=O) groups is 2. The SMILES string of the molecule is CC(C)c1ccc2c(c1)/C(=C1/[Se]c3ccccc3C1=O)C(=O)N2[C@@H]1O[C@H](CO)[C@@H](O)[C@H](O)[C@@H]1O. The molecule has 3 aliphatic heterocycles. The number of Topliss-reactive ketones (excluding diaryl/α,β-unsaturated/α-hetero) is 1. The number of benzene rings is 2. The summed E-state index contributed by atoms with van der Waals surface area (Å²) in [7, 11) is 0. The molecule has 1 saturated heterocycles. The van der Waals surface area contributed by atoms with E-state index in [-0.39, 0.29) is 32.2 Å². The summed E-state index contributed by atoms with van der Waals surface area (Å²) in [5.74, 6) is -0.524. The molecule has 1 fully saturated rings. The van der Waals surface area contributed by atoms with E-state index in [2.05, 4.69) is 0 Å². The molecule has 4 N–H and O–H groups in total. The van der Waals surface area contributed by atoms with Crippen molar-refractivity contribution in [1.29, 1.82) is 0 Å². The Morgan fingerprint density at radius 2 is 1.74 bits per heavy atom. The first-order valence-electron chi connectivity index (χ1n) is 11.1. The van der Waals surface area contributed by atoms with E-state index in [0.29, 0.717) is 21.3 Å². The number of rotatable bonds is 3. The maximum atomic E-state index is 13.9. The topological polar surface area (TPSA) is 128 Å². The Balaban J connectivity index is 1.66. The second kappa shape index (κ2) is 8.69. The fourth-order valence-corrected chi connectivity index (χ4v) is 7.01. The summed E-state index contributed by atoms with van der Waals surface area (Å²) in [6.45, 7) is 3.45. The van der Waals surface area contributed by atoms with Gasteiger partial charge in [0.05, 0.1) is 0 Å². The van der Waals surface area contributed by atoms with Crippen molar-refractivity contribution < 1.29 is 34.8 Å². The minimum atomic E-state index is -1.62. The summed E-state index contributed by atoms with van der Waals surface area (Å²) in [6, 6.07) is 12.8. The molecule has 0 radical (unpaired) electrons. The summed E-state index contributed by atoms with van der Waals surface area (Å²) >= 11 is -0.380. The fraction of sp³-hybridized carbons (Fsp3) is 0.360. The zero-order valence-corrected chi connectivity index (χ0v) is 20.3. The Hall–Kier alpha value is -2.36. The predicted octanol–water partition coefficient (Wildman–Crippen LogP) is -0.106. The molecule has 0 saturated carbocycles. The molecule has 9 heteroatoms. The maximum absolute atomic E-state index is 13.9. The van der Waals surface area contributed by atoms with Gasteiger partial charge in [-0.2, -0.15) is 0 Å². The van der Waals surface area contributed by atoms with Crippen molar-refractivity contribution in [3.63, 3.8) is 0 Å². The molecule has 34 heavy (non-hydrogen) atoms. The number of aliphatic hydroxyl groups is 4. The van der Waals surface area contributed by atoms with Gasteiger partial charge in [-0.25, -0.2) is 0 Å². The third-order valence-electron chi connectivity index (χ3n) is 6.55. The molecule has 3 heterocycles.